The van der Waals surface area contributed by atoms with Crippen LogP contribution in [0.3, 0.4) is 0 Å². The van der Waals surface area contributed by atoms with Gasteiger partial charge in [0, 0.05) is 55.6 Å². The summed E-state index contributed by atoms with van der Waals surface area (Å²) in [7, 11) is 0. The molecule has 3 aromatic rings. The van der Waals surface area contributed by atoms with Gasteiger partial charge in [-0.15, -0.1) is 0 Å². The molecular formula is C30H35N5O. The third-order valence-electron chi connectivity index (χ3n) is 7.92. The predicted molar refractivity (Wildman–Crippen MR) is 145 cm³/mol. The first-order valence-electron chi connectivity index (χ1n) is 13.4. The number of nitrogens with zero attached hydrogens (tertiary/aromatic N) is 3. The van der Waals surface area contributed by atoms with Crippen molar-refractivity contribution >= 4 is 17.4 Å². The summed E-state index contributed by atoms with van der Waals surface area (Å²) in [6.07, 6.45) is 7.73. The van der Waals surface area contributed by atoms with Crippen LogP contribution in [-0.2, 0) is 6.54 Å². The largest absolute Gasteiger partial charge is 0.367 e. The standard InChI is InChI=1S/C30H35N5O/c36-30(35-16-5-9-27(35)19-26-8-4-14-31-26)24-12-10-23(11-13-24)25-18-28-29(33-20-25)32-15-17-34(28)21-22-6-2-1-3-7-22/h1-3,6-7,10-13,18,20,26-27,31H,4-5,8-9,14-17,19,21H2,(H,32,33). The van der Waals surface area contributed by atoms with Gasteiger partial charge in [-0.1, -0.05) is 42.5 Å². The van der Waals surface area contributed by atoms with E-state index in [0.29, 0.717) is 12.1 Å². The molecule has 3 aliphatic heterocycles. The Labute approximate surface area is 213 Å². The van der Waals surface area contributed by atoms with E-state index in [4.69, 9.17) is 4.98 Å². The molecule has 3 aliphatic rings. The van der Waals surface area contributed by atoms with E-state index in [2.05, 4.69) is 69.0 Å². The van der Waals surface area contributed by atoms with Crippen LogP contribution < -0.4 is 15.5 Å². The zero-order chi connectivity index (χ0) is 24.3. The zero-order valence-corrected chi connectivity index (χ0v) is 20.8. The van der Waals surface area contributed by atoms with Gasteiger partial charge in [-0.25, -0.2) is 4.98 Å². The van der Waals surface area contributed by atoms with Gasteiger partial charge in [0.2, 0.25) is 0 Å². The molecule has 36 heavy (non-hydrogen) atoms. The highest BCUT2D eigenvalue weighted by Crippen LogP contribution is 2.33. The van der Waals surface area contributed by atoms with Crippen molar-refractivity contribution in [3.8, 4) is 11.1 Å². The third kappa shape index (κ3) is 4.82. The number of anilines is 2. The summed E-state index contributed by atoms with van der Waals surface area (Å²) < 4.78 is 0. The van der Waals surface area contributed by atoms with Crippen molar-refractivity contribution in [3.63, 3.8) is 0 Å². The molecule has 2 saturated heterocycles. The molecule has 6 rings (SSSR count). The molecular weight excluding hydrogens is 446 g/mol. The first-order valence-corrected chi connectivity index (χ1v) is 13.4. The van der Waals surface area contributed by atoms with Crippen LogP contribution in [0, 0.1) is 0 Å². The smallest absolute Gasteiger partial charge is 0.254 e. The minimum Gasteiger partial charge on any atom is -0.367 e. The quantitative estimate of drug-likeness (QED) is 0.523. The number of fused-ring (bicyclic) bond motifs is 1. The van der Waals surface area contributed by atoms with Crippen molar-refractivity contribution < 1.29 is 4.79 Å². The molecule has 0 bridgehead atoms. The molecule has 6 heteroatoms. The minimum absolute atomic E-state index is 0.170. The summed E-state index contributed by atoms with van der Waals surface area (Å²) in [5, 5.41) is 7.03. The fraction of sp³-hybridized carbons (Fsp3) is 0.400. The van der Waals surface area contributed by atoms with Crippen molar-refractivity contribution in [3.05, 3.63) is 78.0 Å². The Balaban J connectivity index is 1.18. The fourth-order valence-corrected chi connectivity index (χ4v) is 5.99. The number of nitrogens with one attached hydrogen (secondary N) is 2. The number of amides is 1. The van der Waals surface area contributed by atoms with Crippen LogP contribution in [0.2, 0.25) is 0 Å². The Morgan fingerprint density at radius 2 is 1.81 bits per heavy atom. The molecule has 0 aliphatic carbocycles. The second-order valence-electron chi connectivity index (χ2n) is 10.3. The topological polar surface area (TPSA) is 60.5 Å². The molecule has 4 heterocycles. The lowest BCUT2D eigenvalue weighted by atomic mass is 10.0. The second-order valence-corrected chi connectivity index (χ2v) is 10.3. The summed E-state index contributed by atoms with van der Waals surface area (Å²) in [5.41, 5.74) is 5.36. The molecule has 0 spiro atoms. The van der Waals surface area contributed by atoms with Crippen LogP contribution in [0.25, 0.3) is 11.1 Å². The second kappa shape index (κ2) is 10.3. The van der Waals surface area contributed by atoms with Crippen molar-refractivity contribution in [2.45, 2.75) is 50.7 Å². The van der Waals surface area contributed by atoms with E-state index < -0.39 is 0 Å². The first kappa shape index (κ1) is 23.0. The average molecular weight is 482 g/mol. The maximum absolute atomic E-state index is 13.4. The number of aromatic nitrogens is 1. The number of hydrogen-bond acceptors (Lipinski definition) is 5. The van der Waals surface area contributed by atoms with E-state index in [1.807, 2.05) is 18.3 Å². The molecule has 186 valence electrons. The summed E-state index contributed by atoms with van der Waals surface area (Å²) in [6.45, 7) is 4.67. The Bertz CT molecular complexity index is 1190. The van der Waals surface area contributed by atoms with Gasteiger partial charge in [-0.2, -0.15) is 0 Å². The number of benzene rings is 2. The zero-order valence-electron chi connectivity index (χ0n) is 20.8. The molecule has 0 radical (unpaired) electrons. The number of hydrogen-bond donors (Lipinski definition) is 2. The lowest BCUT2D eigenvalue weighted by Crippen LogP contribution is -2.39. The average Bonchev–Trinajstić information content (AvgIpc) is 3.62. The van der Waals surface area contributed by atoms with E-state index in [1.54, 1.807) is 0 Å². The van der Waals surface area contributed by atoms with Crippen LogP contribution >= 0.6 is 0 Å². The van der Waals surface area contributed by atoms with E-state index >= 15 is 0 Å². The van der Waals surface area contributed by atoms with E-state index in [-0.39, 0.29) is 5.91 Å². The first-order chi connectivity index (χ1) is 17.7. The van der Waals surface area contributed by atoms with Crippen LogP contribution in [-0.4, -0.2) is 54.1 Å². The van der Waals surface area contributed by atoms with Gasteiger partial charge in [0.25, 0.3) is 5.91 Å². The van der Waals surface area contributed by atoms with Crippen molar-refractivity contribution in [2.75, 3.05) is 36.4 Å². The number of pyridine rings is 1. The Hall–Kier alpha value is -3.38. The van der Waals surface area contributed by atoms with Crippen LogP contribution in [0.4, 0.5) is 11.5 Å². The van der Waals surface area contributed by atoms with Crippen LogP contribution in [0.15, 0.2) is 66.9 Å². The summed E-state index contributed by atoms with van der Waals surface area (Å²) in [6, 6.07) is 21.8. The number of carbonyl (C=O) groups excluding carboxylic acids is 1. The molecule has 2 unspecified atom stereocenters. The van der Waals surface area contributed by atoms with Crippen molar-refractivity contribution in [2.24, 2.45) is 0 Å². The maximum Gasteiger partial charge on any atom is 0.254 e. The highest BCUT2D eigenvalue weighted by atomic mass is 16.2. The van der Waals surface area contributed by atoms with Crippen molar-refractivity contribution in [1.82, 2.24) is 15.2 Å². The highest BCUT2D eigenvalue weighted by Gasteiger charge is 2.32. The molecule has 2 fully saturated rings. The third-order valence-corrected chi connectivity index (χ3v) is 7.92. The lowest BCUT2D eigenvalue weighted by Gasteiger charge is -2.31. The van der Waals surface area contributed by atoms with Gasteiger partial charge < -0.3 is 20.4 Å². The maximum atomic E-state index is 13.4. The number of likely N-dealkylation sites (tertiary alicyclic amines) is 1. The Morgan fingerprint density at radius 1 is 0.944 bits per heavy atom. The van der Waals surface area contributed by atoms with E-state index in [0.717, 1.165) is 80.2 Å². The van der Waals surface area contributed by atoms with Gasteiger partial charge in [-0.05, 0) is 68.0 Å². The summed E-state index contributed by atoms with van der Waals surface area (Å²) >= 11 is 0. The molecule has 0 saturated carbocycles. The Morgan fingerprint density at radius 3 is 2.61 bits per heavy atom. The SMILES string of the molecule is O=C(c1ccc(-c2cnc3c(c2)N(Cc2ccccc2)CCN3)cc1)N1CCCC1CC1CCCN1. The van der Waals surface area contributed by atoms with Gasteiger partial charge in [0.15, 0.2) is 0 Å². The molecule has 2 atom stereocenters. The lowest BCUT2D eigenvalue weighted by molar-refractivity contribution is 0.0724. The summed E-state index contributed by atoms with van der Waals surface area (Å²) in [4.78, 5) is 22.6. The van der Waals surface area contributed by atoms with Gasteiger partial charge >= 0.3 is 0 Å². The number of rotatable bonds is 6. The van der Waals surface area contributed by atoms with E-state index in [9.17, 15) is 4.79 Å². The molecule has 2 N–H and O–H groups in total. The summed E-state index contributed by atoms with van der Waals surface area (Å²) in [5.74, 6) is 1.11. The highest BCUT2D eigenvalue weighted by molar-refractivity contribution is 5.95. The van der Waals surface area contributed by atoms with E-state index in [1.165, 1.54) is 18.4 Å². The van der Waals surface area contributed by atoms with Gasteiger partial charge in [-0.3, -0.25) is 4.79 Å². The molecule has 2 aromatic carbocycles. The molecule has 6 nitrogen and oxygen atoms in total. The van der Waals surface area contributed by atoms with Gasteiger partial charge in [0.1, 0.15) is 5.82 Å². The molecule has 1 amide bonds. The fourth-order valence-electron chi connectivity index (χ4n) is 5.99. The minimum atomic E-state index is 0.170. The van der Waals surface area contributed by atoms with Crippen LogP contribution in [0.1, 0.15) is 48.0 Å². The predicted octanol–water partition coefficient (Wildman–Crippen LogP) is 4.93. The van der Waals surface area contributed by atoms with Crippen LogP contribution in [0.5, 0.6) is 0 Å². The molecule has 1 aromatic heterocycles. The van der Waals surface area contributed by atoms with Crippen molar-refractivity contribution in [1.29, 1.82) is 0 Å². The normalized spacial score (nSPS) is 21.3. The Kier molecular flexibility index (Phi) is 6.60. The number of carbonyl (C=O) groups is 1. The van der Waals surface area contributed by atoms with Gasteiger partial charge in [0.05, 0.1) is 5.69 Å². The monoisotopic (exact) mass is 481 g/mol.